The number of rotatable bonds is 7. The number of nitrogens with zero attached hydrogens (tertiary/aromatic N) is 3. The number of hydrogen-bond donors (Lipinski definition) is 3. The fraction of sp³-hybridized carbons (Fsp3) is 0.261. The van der Waals surface area contributed by atoms with Gasteiger partial charge in [0.2, 0.25) is 11.0 Å². The summed E-state index contributed by atoms with van der Waals surface area (Å²) in [6.45, 7) is 5.84. The summed E-state index contributed by atoms with van der Waals surface area (Å²) < 4.78 is 0. The molecule has 0 aliphatic heterocycles. The minimum Gasteiger partial charge on any atom is -0.326 e. The lowest BCUT2D eigenvalue weighted by atomic mass is 9.98. The summed E-state index contributed by atoms with van der Waals surface area (Å²) in [5.74, 6) is -0.466. The molecule has 3 N–H and O–H groups in total. The molecular weight excluding hydrogens is 424 g/mol. The Bertz CT molecular complexity index is 1140. The molecule has 9 heteroatoms. The van der Waals surface area contributed by atoms with E-state index in [9.17, 15) is 9.59 Å². The fourth-order valence-electron chi connectivity index (χ4n) is 2.99. The second kappa shape index (κ2) is 10.5. The summed E-state index contributed by atoms with van der Waals surface area (Å²) in [7, 11) is 0. The molecule has 2 atom stereocenters. The van der Waals surface area contributed by atoms with Gasteiger partial charge >= 0.3 is 6.03 Å². The zero-order valence-electron chi connectivity index (χ0n) is 18.0. The van der Waals surface area contributed by atoms with E-state index in [4.69, 9.17) is 5.26 Å². The molecule has 3 amide bonds. The van der Waals surface area contributed by atoms with Crippen LogP contribution in [0.1, 0.15) is 31.4 Å². The van der Waals surface area contributed by atoms with E-state index in [-0.39, 0.29) is 11.8 Å². The molecule has 8 nitrogen and oxygen atoms in total. The van der Waals surface area contributed by atoms with Crippen LogP contribution in [0.3, 0.4) is 0 Å². The third-order valence-corrected chi connectivity index (χ3v) is 5.86. The van der Waals surface area contributed by atoms with Crippen LogP contribution in [0.15, 0.2) is 48.5 Å². The number of benzene rings is 2. The van der Waals surface area contributed by atoms with E-state index in [0.29, 0.717) is 27.8 Å². The maximum Gasteiger partial charge on any atom is 0.319 e. The van der Waals surface area contributed by atoms with Crippen molar-refractivity contribution in [2.24, 2.45) is 5.92 Å². The first-order valence-electron chi connectivity index (χ1n) is 10.2. The molecule has 0 bridgehead atoms. The molecule has 1 aromatic heterocycles. The van der Waals surface area contributed by atoms with Gasteiger partial charge in [0.05, 0.1) is 11.6 Å². The van der Waals surface area contributed by atoms with Crippen LogP contribution in [0.5, 0.6) is 0 Å². The van der Waals surface area contributed by atoms with Gasteiger partial charge in [0.1, 0.15) is 11.0 Å². The van der Waals surface area contributed by atoms with Crippen molar-refractivity contribution in [3.8, 4) is 16.6 Å². The van der Waals surface area contributed by atoms with Gasteiger partial charge in [-0.2, -0.15) is 5.26 Å². The second-order valence-corrected chi connectivity index (χ2v) is 8.40. The van der Waals surface area contributed by atoms with Gasteiger partial charge in [-0.3, -0.25) is 10.1 Å². The van der Waals surface area contributed by atoms with Crippen LogP contribution in [-0.2, 0) is 4.79 Å². The standard InChI is InChI=1S/C23H24N6O2S/c1-4-15(3)19(26-22(31)25-18-10-8-16(13-24)9-11-18)20(30)27-23-29-28-21(32-23)17-7-5-6-14(2)12-17/h5-12,15,19H,4H2,1-3H3,(H2,25,26,31)(H,27,29,30)/t15-,19-/m1/s1. The smallest absolute Gasteiger partial charge is 0.319 e. The van der Waals surface area contributed by atoms with Gasteiger partial charge in [0.15, 0.2) is 0 Å². The molecule has 2 aromatic carbocycles. The zero-order chi connectivity index (χ0) is 23.1. The minimum absolute atomic E-state index is 0.106. The van der Waals surface area contributed by atoms with Gasteiger partial charge in [-0.15, -0.1) is 10.2 Å². The number of anilines is 2. The van der Waals surface area contributed by atoms with Crippen molar-refractivity contribution in [2.75, 3.05) is 10.6 Å². The number of hydrogen-bond acceptors (Lipinski definition) is 6. The number of aromatic nitrogens is 2. The highest BCUT2D eigenvalue weighted by atomic mass is 32.1. The summed E-state index contributed by atoms with van der Waals surface area (Å²) in [5.41, 5.74) is 3.06. The Kier molecular flexibility index (Phi) is 7.52. The molecule has 0 spiro atoms. The molecule has 0 unspecified atom stereocenters. The van der Waals surface area contributed by atoms with Gasteiger partial charge in [0.25, 0.3) is 0 Å². The van der Waals surface area contributed by atoms with Crippen LogP contribution < -0.4 is 16.0 Å². The van der Waals surface area contributed by atoms with Gasteiger partial charge in [0, 0.05) is 11.3 Å². The Morgan fingerprint density at radius 3 is 2.53 bits per heavy atom. The normalized spacial score (nSPS) is 12.3. The van der Waals surface area contributed by atoms with E-state index in [0.717, 1.165) is 11.1 Å². The number of amides is 3. The Hall–Kier alpha value is -3.77. The number of nitrogens with one attached hydrogen (secondary N) is 3. The molecule has 164 valence electrons. The van der Waals surface area contributed by atoms with E-state index in [2.05, 4.69) is 26.1 Å². The van der Waals surface area contributed by atoms with Gasteiger partial charge < -0.3 is 10.6 Å². The van der Waals surface area contributed by atoms with Crippen molar-refractivity contribution in [1.82, 2.24) is 15.5 Å². The fourth-order valence-corrected chi connectivity index (χ4v) is 3.73. The summed E-state index contributed by atoms with van der Waals surface area (Å²) in [4.78, 5) is 25.4. The van der Waals surface area contributed by atoms with Crippen LogP contribution >= 0.6 is 11.3 Å². The molecule has 3 aromatic rings. The third-order valence-electron chi connectivity index (χ3n) is 4.97. The highest BCUT2D eigenvalue weighted by molar-refractivity contribution is 7.18. The zero-order valence-corrected chi connectivity index (χ0v) is 18.9. The lowest BCUT2D eigenvalue weighted by Gasteiger charge is -2.23. The molecular formula is C23H24N6O2S. The first kappa shape index (κ1) is 22.9. The molecule has 0 aliphatic carbocycles. The molecule has 32 heavy (non-hydrogen) atoms. The Morgan fingerprint density at radius 2 is 1.88 bits per heavy atom. The van der Waals surface area contributed by atoms with Crippen molar-refractivity contribution in [2.45, 2.75) is 33.2 Å². The van der Waals surface area contributed by atoms with Crippen molar-refractivity contribution in [1.29, 1.82) is 5.26 Å². The van der Waals surface area contributed by atoms with E-state index >= 15 is 0 Å². The Balaban J connectivity index is 1.67. The summed E-state index contributed by atoms with van der Waals surface area (Å²) >= 11 is 1.28. The number of carbonyl (C=O) groups excluding carboxylic acids is 2. The van der Waals surface area contributed by atoms with Crippen LogP contribution in [0.2, 0.25) is 0 Å². The Labute approximate surface area is 190 Å². The van der Waals surface area contributed by atoms with Crippen molar-refractivity contribution >= 4 is 34.1 Å². The first-order chi connectivity index (χ1) is 15.4. The summed E-state index contributed by atoms with van der Waals surface area (Å²) in [6.07, 6.45) is 0.694. The predicted octanol–water partition coefficient (Wildman–Crippen LogP) is 4.56. The lowest BCUT2D eigenvalue weighted by molar-refractivity contribution is -0.119. The summed E-state index contributed by atoms with van der Waals surface area (Å²) in [6, 6.07) is 15.1. The molecule has 0 radical (unpaired) electrons. The van der Waals surface area contributed by atoms with Gasteiger partial charge in [-0.05, 0) is 43.2 Å². The minimum atomic E-state index is -0.760. The average molecular weight is 449 g/mol. The second-order valence-electron chi connectivity index (χ2n) is 7.42. The molecule has 0 aliphatic rings. The quantitative estimate of drug-likeness (QED) is 0.489. The van der Waals surface area contributed by atoms with Gasteiger partial charge in [-0.25, -0.2) is 4.79 Å². The van der Waals surface area contributed by atoms with E-state index in [1.165, 1.54) is 11.3 Å². The number of nitriles is 1. The van der Waals surface area contributed by atoms with Gasteiger partial charge in [-0.1, -0.05) is 55.4 Å². The monoisotopic (exact) mass is 448 g/mol. The number of urea groups is 1. The largest absolute Gasteiger partial charge is 0.326 e. The van der Waals surface area contributed by atoms with Crippen LogP contribution in [0, 0.1) is 24.2 Å². The van der Waals surface area contributed by atoms with Crippen molar-refractivity contribution in [3.63, 3.8) is 0 Å². The van der Waals surface area contributed by atoms with Crippen LogP contribution in [0.4, 0.5) is 15.6 Å². The highest BCUT2D eigenvalue weighted by Crippen LogP contribution is 2.27. The molecule has 1 heterocycles. The molecule has 0 saturated heterocycles. The topological polar surface area (TPSA) is 120 Å². The number of carbonyl (C=O) groups is 2. The SMILES string of the molecule is CC[C@@H](C)[C@@H](NC(=O)Nc1ccc(C#N)cc1)C(=O)Nc1nnc(-c2cccc(C)c2)s1. The predicted molar refractivity (Wildman–Crippen MR) is 125 cm³/mol. The van der Waals surface area contributed by atoms with Crippen LogP contribution in [-0.4, -0.2) is 28.2 Å². The Morgan fingerprint density at radius 1 is 1.12 bits per heavy atom. The summed E-state index contributed by atoms with van der Waals surface area (Å²) in [5, 5.41) is 26.4. The molecule has 3 rings (SSSR count). The van der Waals surface area contributed by atoms with E-state index < -0.39 is 12.1 Å². The van der Waals surface area contributed by atoms with Crippen molar-refractivity contribution in [3.05, 3.63) is 59.7 Å². The highest BCUT2D eigenvalue weighted by Gasteiger charge is 2.27. The average Bonchev–Trinajstić information content (AvgIpc) is 3.26. The first-order valence-corrected chi connectivity index (χ1v) is 11.0. The lowest BCUT2D eigenvalue weighted by Crippen LogP contribution is -2.49. The molecule has 0 saturated carbocycles. The maximum atomic E-state index is 12.9. The van der Waals surface area contributed by atoms with Crippen molar-refractivity contribution < 1.29 is 9.59 Å². The number of aryl methyl sites for hydroxylation is 1. The van der Waals surface area contributed by atoms with E-state index in [1.54, 1.807) is 24.3 Å². The maximum absolute atomic E-state index is 12.9. The van der Waals surface area contributed by atoms with Crippen LogP contribution in [0.25, 0.3) is 10.6 Å². The molecule has 0 fully saturated rings. The third kappa shape index (κ3) is 5.89. The van der Waals surface area contributed by atoms with E-state index in [1.807, 2.05) is 51.1 Å².